The van der Waals surface area contributed by atoms with Gasteiger partial charge in [-0.1, -0.05) is 30.3 Å². The number of ether oxygens (including phenoxy) is 1. The van der Waals surface area contributed by atoms with E-state index in [2.05, 4.69) is 61.5 Å². The van der Waals surface area contributed by atoms with Gasteiger partial charge >= 0.3 is 0 Å². The lowest BCUT2D eigenvalue weighted by molar-refractivity contribution is -0.0502. The van der Waals surface area contributed by atoms with E-state index >= 15 is 0 Å². The van der Waals surface area contributed by atoms with E-state index in [1.807, 2.05) is 38.3 Å². The molecular formula is C23H33IN6O. The first-order valence-electron chi connectivity index (χ1n) is 10.6. The minimum absolute atomic E-state index is 0. The van der Waals surface area contributed by atoms with Crippen LogP contribution in [0.3, 0.4) is 0 Å². The standard InChI is InChI=1S/C23H32N6O.HI/c1-24-23(26-14-19-9-10-25-22(13-19)27(2)3)29-16-20-21(17-29)30-12-11-28(20)15-18-7-5-4-6-8-18;/h4-10,13,20-21H,11-12,14-17H2,1-3H3,(H,24,26);1H. The number of likely N-dealkylation sites (tertiary alicyclic amines) is 1. The van der Waals surface area contributed by atoms with Crippen molar-refractivity contribution in [2.24, 2.45) is 4.99 Å². The first kappa shape index (κ1) is 23.7. The highest BCUT2D eigenvalue weighted by atomic mass is 127. The van der Waals surface area contributed by atoms with Crippen LogP contribution in [0.15, 0.2) is 53.7 Å². The summed E-state index contributed by atoms with van der Waals surface area (Å²) in [6.07, 6.45) is 2.08. The van der Waals surface area contributed by atoms with E-state index in [4.69, 9.17) is 4.74 Å². The van der Waals surface area contributed by atoms with Crippen LogP contribution in [-0.4, -0.2) is 80.3 Å². The molecule has 1 N–H and O–H groups in total. The molecular weight excluding hydrogens is 503 g/mol. The van der Waals surface area contributed by atoms with Crippen molar-refractivity contribution in [2.75, 3.05) is 52.3 Å². The number of guanidine groups is 1. The molecule has 2 fully saturated rings. The molecule has 0 aliphatic carbocycles. The van der Waals surface area contributed by atoms with Crippen LogP contribution in [0.5, 0.6) is 0 Å². The summed E-state index contributed by atoms with van der Waals surface area (Å²) in [5, 5.41) is 3.52. The van der Waals surface area contributed by atoms with Crippen LogP contribution in [0.1, 0.15) is 11.1 Å². The molecule has 2 aliphatic rings. The third kappa shape index (κ3) is 5.87. The number of morpholine rings is 1. The van der Waals surface area contributed by atoms with Crippen molar-refractivity contribution in [3.05, 3.63) is 59.8 Å². The maximum absolute atomic E-state index is 6.12. The molecule has 168 valence electrons. The van der Waals surface area contributed by atoms with Gasteiger partial charge in [-0.25, -0.2) is 4.98 Å². The average molecular weight is 536 g/mol. The number of nitrogens with one attached hydrogen (secondary N) is 1. The number of pyridine rings is 1. The predicted molar refractivity (Wildman–Crippen MR) is 136 cm³/mol. The summed E-state index contributed by atoms with van der Waals surface area (Å²) >= 11 is 0. The Morgan fingerprint density at radius 3 is 2.74 bits per heavy atom. The topological polar surface area (TPSA) is 56.2 Å². The Bertz CT molecular complexity index is 862. The summed E-state index contributed by atoms with van der Waals surface area (Å²) in [5.74, 6) is 1.89. The predicted octanol–water partition coefficient (Wildman–Crippen LogP) is 2.43. The summed E-state index contributed by atoms with van der Waals surface area (Å²) in [6, 6.07) is 15.2. The van der Waals surface area contributed by atoms with Crippen molar-refractivity contribution in [3.63, 3.8) is 0 Å². The van der Waals surface area contributed by atoms with E-state index in [0.717, 1.165) is 51.1 Å². The molecule has 2 atom stereocenters. The molecule has 3 heterocycles. The number of aliphatic imine (C=N–C) groups is 1. The smallest absolute Gasteiger partial charge is 0.194 e. The number of rotatable bonds is 5. The molecule has 4 rings (SSSR count). The summed E-state index contributed by atoms with van der Waals surface area (Å²) in [7, 11) is 5.86. The summed E-state index contributed by atoms with van der Waals surface area (Å²) in [4.78, 5) is 15.8. The maximum Gasteiger partial charge on any atom is 0.194 e. The second-order valence-electron chi connectivity index (χ2n) is 8.16. The normalized spacial score (nSPS) is 21.4. The van der Waals surface area contributed by atoms with Crippen LogP contribution < -0.4 is 10.2 Å². The molecule has 0 bridgehead atoms. The zero-order chi connectivity index (χ0) is 20.9. The van der Waals surface area contributed by atoms with Crippen molar-refractivity contribution >= 4 is 35.8 Å². The minimum Gasteiger partial charge on any atom is -0.373 e. The van der Waals surface area contributed by atoms with Crippen molar-refractivity contribution in [1.82, 2.24) is 20.1 Å². The highest BCUT2D eigenvalue weighted by Crippen LogP contribution is 2.24. The number of benzene rings is 1. The molecule has 0 amide bonds. The number of halogens is 1. The SMILES string of the molecule is CN=C(NCc1ccnc(N(C)C)c1)N1CC2OCCN(Cc3ccccc3)C2C1.I. The molecule has 31 heavy (non-hydrogen) atoms. The highest BCUT2D eigenvalue weighted by Gasteiger charge is 2.41. The van der Waals surface area contributed by atoms with Gasteiger partial charge in [0, 0.05) is 60.1 Å². The fourth-order valence-electron chi connectivity index (χ4n) is 4.27. The number of aromatic nitrogens is 1. The Kier molecular flexibility index (Phi) is 8.50. The van der Waals surface area contributed by atoms with Crippen LogP contribution >= 0.6 is 24.0 Å². The van der Waals surface area contributed by atoms with Gasteiger partial charge in [-0.2, -0.15) is 0 Å². The van der Waals surface area contributed by atoms with Crippen molar-refractivity contribution in [2.45, 2.75) is 25.2 Å². The molecule has 7 nitrogen and oxygen atoms in total. The highest BCUT2D eigenvalue weighted by molar-refractivity contribution is 14.0. The number of nitrogens with zero attached hydrogens (tertiary/aromatic N) is 5. The van der Waals surface area contributed by atoms with E-state index < -0.39 is 0 Å². The zero-order valence-corrected chi connectivity index (χ0v) is 20.9. The molecule has 0 spiro atoms. The van der Waals surface area contributed by atoms with Crippen LogP contribution in [0.2, 0.25) is 0 Å². The van der Waals surface area contributed by atoms with E-state index in [-0.39, 0.29) is 30.1 Å². The van der Waals surface area contributed by atoms with Gasteiger partial charge in [0.05, 0.1) is 18.8 Å². The van der Waals surface area contributed by atoms with Gasteiger partial charge in [-0.3, -0.25) is 9.89 Å². The van der Waals surface area contributed by atoms with E-state index in [1.165, 1.54) is 11.1 Å². The summed E-state index contributed by atoms with van der Waals surface area (Å²) in [5.41, 5.74) is 2.54. The molecule has 2 aromatic rings. The summed E-state index contributed by atoms with van der Waals surface area (Å²) < 4.78 is 6.12. The molecule has 2 unspecified atom stereocenters. The Morgan fingerprint density at radius 1 is 1.19 bits per heavy atom. The van der Waals surface area contributed by atoms with Gasteiger partial charge in [0.1, 0.15) is 5.82 Å². The van der Waals surface area contributed by atoms with Crippen LogP contribution in [0.4, 0.5) is 5.82 Å². The first-order valence-corrected chi connectivity index (χ1v) is 10.6. The fraction of sp³-hybridized carbons (Fsp3) is 0.478. The Balaban J connectivity index is 0.00000272. The monoisotopic (exact) mass is 536 g/mol. The second kappa shape index (κ2) is 11.1. The van der Waals surface area contributed by atoms with Crippen molar-refractivity contribution in [3.8, 4) is 0 Å². The minimum atomic E-state index is 0. The quantitative estimate of drug-likeness (QED) is 0.360. The van der Waals surface area contributed by atoms with E-state index in [1.54, 1.807) is 0 Å². The lowest BCUT2D eigenvalue weighted by atomic mass is 10.1. The molecule has 0 radical (unpaired) electrons. The average Bonchev–Trinajstić information content (AvgIpc) is 3.20. The van der Waals surface area contributed by atoms with Gasteiger partial charge in [0.15, 0.2) is 5.96 Å². The molecule has 2 saturated heterocycles. The largest absolute Gasteiger partial charge is 0.373 e. The van der Waals surface area contributed by atoms with Gasteiger partial charge in [0.25, 0.3) is 0 Å². The number of anilines is 1. The first-order chi connectivity index (χ1) is 14.6. The molecule has 1 aromatic carbocycles. The van der Waals surface area contributed by atoms with Crippen molar-refractivity contribution < 1.29 is 4.74 Å². The third-order valence-electron chi connectivity index (χ3n) is 5.87. The molecule has 2 aliphatic heterocycles. The van der Waals surface area contributed by atoms with Gasteiger partial charge in [0.2, 0.25) is 0 Å². The van der Waals surface area contributed by atoms with E-state index in [9.17, 15) is 0 Å². The maximum atomic E-state index is 6.12. The van der Waals surface area contributed by atoms with Crippen LogP contribution in [0, 0.1) is 0 Å². The fourth-order valence-corrected chi connectivity index (χ4v) is 4.27. The van der Waals surface area contributed by atoms with Crippen molar-refractivity contribution in [1.29, 1.82) is 0 Å². The van der Waals surface area contributed by atoms with Crippen LogP contribution in [-0.2, 0) is 17.8 Å². The Hall–Kier alpha value is -1.91. The van der Waals surface area contributed by atoms with E-state index in [0.29, 0.717) is 6.04 Å². The number of fused-ring (bicyclic) bond motifs is 1. The number of hydrogen-bond acceptors (Lipinski definition) is 5. The van der Waals surface area contributed by atoms with Crippen LogP contribution in [0.25, 0.3) is 0 Å². The van der Waals surface area contributed by atoms with Gasteiger partial charge in [-0.15, -0.1) is 24.0 Å². The molecule has 1 aromatic heterocycles. The third-order valence-corrected chi connectivity index (χ3v) is 5.87. The Labute approximate surface area is 202 Å². The summed E-state index contributed by atoms with van der Waals surface area (Å²) in [6.45, 7) is 5.25. The Morgan fingerprint density at radius 2 is 2.00 bits per heavy atom. The lowest BCUT2D eigenvalue weighted by Gasteiger charge is -2.36. The lowest BCUT2D eigenvalue weighted by Crippen LogP contribution is -2.50. The second-order valence-corrected chi connectivity index (χ2v) is 8.16. The molecule has 0 saturated carbocycles. The molecule has 8 heteroatoms. The zero-order valence-electron chi connectivity index (χ0n) is 18.6. The van der Waals surface area contributed by atoms with Gasteiger partial charge < -0.3 is 19.9 Å². The van der Waals surface area contributed by atoms with Gasteiger partial charge in [-0.05, 0) is 23.3 Å². The number of hydrogen-bond donors (Lipinski definition) is 1.